The molecule has 0 saturated heterocycles. The molecule has 0 aromatic heterocycles. The summed E-state index contributed by atoms with van der Waals surface area (Å²) in [6.45, 7) is 4.59. The number of allylic oxidation sites excluding steroid dienone is 1. The van der Waals surface area contributed by atoms with Gasteiger partial charge in [0.2, 0.25) is 0 Å². The number of likely N-dealkylation sites (N-methyl/N-ethyl adjacent to an activating group) is 1. The summed E-state index contributed by atoms with van der Waals surface area (Å²) in [6.07, 6.45) is 27.6. The van der Waals surface area contributed by atoms with E-state index in [2.05, 4.69) is 47.1 Å². The van der Waals surface area contributed by atoms with Gasteiger partial charge in [-0.15, -0.1) is 0 Å². The second-order valence-electron chi connectivity index (χ2n) is 8.90. The maximum absolute atomic E-state index is 2.45. The molecule has 0 N–H and O–H groups in total. The van der Waals surface area contributed by atoms with E-state index < -0.39 is 0 Å². The van der Waals surface area contributed by atoms with Crippen molar-refractivity contribution in [3.8, 4) is 0 Å². The molecule has 1 atom stereocenters. The molecule has 25 heavy (non-hydrogen) atoms. The van der Waals surface area contributed by atoms with Gasteiger partial charge < -0.3 is 4.48 Å². The summed E-state index contributed by atoms with van der Waals surface area (Å²) in [7, 11) is 6.89. The van der Waals surface area contributed by atoms with Crippen LogP contribution in [0.3, 0.4) is 0 Å². The Labute approximate surface area is 160 Å². The highest BCUT2D eigenvalue weighted by Gasteiger charge is 2.17. The summed E-state index contributed by atoms with van der Waals surface area (Å²) in [5, 5.41) is 0. The molecule has 0 saturated carbocycles. The van der Waals surface area contributed by atoms with Crippen molar-refractivity contribution in [2.24, 2.45) is 0 Å². The predicted octanol–water partition coefficient (Wildman–Crippen LogP) is 7.90. The average molecular weight is 353 g/mol. The van der Waals surface area contributed by atoms with Crippen LogP contribution in [0.25, 0.3) is 0 Å². The fourth-order valence-electron chi connectivity index (χ4n) is 3.65. The topological polar surface area (TPSA) is 0 Å². The maximum Gasteiger partial charge on any atom is 0.107 e. The molecule has 0 aliphatic rings. The third kappa shape index (κ3) is 16.9. The van der Waals surface area contributed by atoms with E-state index >= 15 is 0 Å². The predicted molar refractivity (Wildman–Crippen MR) is 116 cm³/mol. The van der Waals surface area contributed by atoms with Crippen molar-refractivity contribution in [3.05, 3.63) is 12.2 Å². The number of rotatable bonds is 18. The van der Waals surface area contributed by atoms with Gasteiger partial charge in [0.05, 0.1) is 21.1 Å². The lowest BCUT2D eigenvalue weighted by atomic mass is 10.0. The van der Waals surface area contributed by atoms with Crippen LogP contribution < -0.4 is 0 Å². The molecule has 0 aliphatic carbocycles. The summed E-state index contributed by atoms with van der Waals surface area (Å²) in [5.74, 6) is 0. The summed E-state index contributed by atoms with van der Waals surface area (Å²) in [4.78, 5) is 0. The molecule has 0 radical (unpaired) electrons. The van der Waals surface area contributed by atoms with Crippen LogP contribution in [0, 0.1) is 0 Å². The summed E-state index contributed by atoms with van der Waals surface area (Å²) < 4.78 is 1.05. The van der Waals surface area contributed by atoms with Gasteiger partial charge in [-0.2, -0.15) is 0 Å². The number of hydrogen-bond acceptors (Lipinski definition) is 0. The first-order valence-electron chi connectivity index (χ1n) is 11.5. The van der Waals surface area contributed by atoms with Crippen molar-refractivity contribution < 1.29 is 4.48 Å². The van der Waals surface area contributed by atoms with E-state index in [1.807, 2.05) is 0 Å². The minimum absolute atomic E-state index is 0.673. The number of unbranched alkanes of at least 4 members (excludes halogenated alkanes) is 14. The van der Waals surface area contributed by atoms with E-state index in [4.69, 9.17) is 0 Å². The third-order valence-electron chi connectivity index (χ3n) is 5.50. The molecule has 0 amide bonds. The highest BCUT2D eigenvalue weighted by Crippen LogP contribution is 2.14. The molecule has 0 aromatic rings. The Morgan fingerprint density at radius 1 is 0.600 bits per heavy atom. The van der Waals surface area contributed by atoms with Crippen LogP contribution in [-0.2, 0) is 0 Å². The van der Waals surface area contributed by atoms with Crippen LogP contribution in [0.5, 0.6) is 0 Å². The van der Waals surface area contributed by atoms with E-state index in [0.717, 1.165) is 4.48 Å². The van der Waals surface area contributed by atoms with Crippen molar-refractivity contribution in [1.82, 2.24) is 0 Å². The largest absolute Gasteiger partial charge is 0.325 e. The third-order valence-corrected chi connectivity index (χ3v) is 5.50. The van der Waals surface area contributed by atoms with Crippen LogP contribution in [0.2, 0.25) is 0 Å². The minimum Gasteiger partial charge on any atom is -0.325 e. The van der Waals surface area contributed by atoms with E-state index in [1.54, 1.807) is 0 Å². The molecule has 0 spiro atoms. The Morgan fingerprint density at radius 2 is 1.00 bits per heavy atom. The number of quaternary nitrogens is 1. The van der Waals surface area contributed by atoms with E-state index in [9.17, 15) is 0 Å². The van der Waals surface area contributed by atoms with Crippen LogP contribution in [0.4, 0.5) is 0 Å². The lowest BCUT2D eigenvalue weighted by molar-refractivity contribution is -0.889. The van der Waals surface area contributed by atoms with Gasteiger partial charge in [0, 0.05) is 6.42 Å². The van der Waals surface area contributed by atoms with Crippen LogP contribution in [-0.4, -0.2) is 31.7 Å². The second-order valence-corrected chi connectivity index (χ2v) is 8.90. The van der Waals surface area contributed by atoms with Gasteiger partial charge in [-0.3, -0.25) is 0 Å². The fraction of sp³-hybridized carbons (Fsp3) is 0.917. The lowest BCUT2D eigenvalue weighted by Crippen LogP contribution is -2.43. The fourth-order valence-corrected chi connectivity index (χ4v) is 3.65. The van der Waals surface area contributed by atoms with E-state index in [0.29, 0.717) is 6.04 Å². The molecule has 1 unspecified atom stereocenters. The molecular formula is C24H50N+. The van der Waals surface area contributed by atoms with Gasteiger partial charge >= 0.3 is 0 Å². The normalized spacial score (nSPS) is 13.6. The maximum atomic E-state index is 2.45. The molecule has 1 heteroatoms. The average Bonchev–Trinajstić information content (AvgIpc) is 2.56. The smallest absolute Gasteiger partial charge is 0.107 e. The van der Waals surface area contributed by atoms with Crippen molar-refractivity contribution in [2.45, 2.75) is 123 Å². The highest BCUT2D eigenvalue weighted by molar-refractivity contribution is 4.88. The van der Waals surface area contributed by atoms with Crippen molar-refractivity contribution >= 4 is 0 Å². The standard InChI is InChI=1S/C24H50N/c1-6-8-9-10-11-12-13-14-15-16-17-18-19-20-21-22-23-24(7-2)25(3,4)5/h22-24H,6-21H2,1-5H3/q+1. The van der Waals surface area contributed by atoms with Gasteiger partial charge in [0.25, 0.3) is 0 Å². The van der Waals surface area contributed by atoms with Gasteiger partial charge in [-0.1, -0.05) is 103 Å². The van der Waals surface area contributed by atoms with Gasteiger partial charge in [-0.05, 0) is 18.9 Å². The van der Waals surface area contributed by atoms with E-state index in [1.165, 1.54) is 103 Å². The SMILES string of the molecule is CCCCCCCCCCCCCCCCC=CC(CC)[N+](C)(C)C. The summed E-state index contributed by atoms with van der Waals surface area (Å²) in [5.41, 5.74) is 0. The summed E-state index contributed by atoms with van der Waals surface area (Å²) in [6, 6.07) is 0.673. The van der Waals surface area contributed by atoms with Crippen molar-refractivity contribution in [1.29, 1.82) is 0 Å². The van der Waals surface area contributed by atoms with Crippen molar-refractivity contribution in [2.75, 3.05) is 21.1 Å². The van der Waals surface area contributed by atoms with Crippen LogP contribution in [0.15, 0.2) is 12.2 Å². The molecule has 1 nitrogen and oxygen atoms in total. The minimum atomic E-state index is 0.673. The Hall–Kier alpha value is -0.300. The molecule has 0 heterocycles. The zero-order chi connectivity index (χ0) is 18.8. The Morgan fingerprint density at radius 3 is 1.36 bits per heavy atom. The highest BCUT2D eigenvalue weighted by atomic mass is 15.3. The molecule has 0 fully saturated rings. The quantitative estimate of drug-likeness (QED) is 0.134. The first-order valence-corrected chi connectivity index (χ1v) is 11.5. The second kappa shape index (κ2) is 17.1. The molecule has 0 aromatic carbocycles. The Bertz CT molecular complexity index is 287. The molecular weight excluding hydrogens is 302 g/mol. The van der Waals surface area contributed by atoms with Crippen LogP contribution >= 0.6 is 0 Å². The van der Waals surface area contributed by atoms with Crippen LogP contribution in [0.1, 0.15) is 117 Å². The van der Waals surface area contributed by atoms with Gasteiger partial charge in [-0.25, -0.2) is 0 Å². The van der Waals surface area contributed by atoms with Crippen molar-refractivity contribution in [3.63, 3.8) is 0 Å². The molecule has 0 bridgehead atoms. The first-order chi connectivity index (χ1) is 12.0. The Kier molecular flexibility index (Phi) is 16.9. The van der Waals surface area contributed by atoms with Gasteiger partial charge in [0.1, 0.15) is 6.04 Å². The zero-order valence-corrected chi connectivity index (χ0v) is 18.5. The van der Waals surface area contributed by atoms with E-state index in [-0.39, 0.29) is 0 Å². The number of nitrogens with zero attached hydrogens (tertiary/aromatic N) is 1. The monoisotopic (exact) mass is 352 g/mol. The molecule has 0 aliphatic heterocycles. The molecule has 150 valence electrons. The lowest BCUT2D eigenvalue weighted by Gasteiger charge is -2.31. The Balaban J connectivity index is 3.29. The number of hydrogen-bond donors (Lipinski definition) is 0. The summed E-state index contributed by atoms with van der Waals surface area (Å²) >= 11 is 0. The molecule has 0 rings (SSSR count). The first kappa shape index (κ1) is 24.7. The van der Waals surface area contributed by atoms with Gasteiger partial charge in [0.15, 0.2) is 0 Å². The zero-order valence-electron chi connectivity index (χ0n) is 18.5.